The molecular formula is C23H16FN2O2+. The minimum Gasteiger partial charge on any atom is -0.497 e. The van der Waals surface area contributed by atoms with Gasteiger partial charge in [-0.1, -0.05) is 17.3 Å². The standard InChI is InChI=1S/C23H16FN2O2/c1-27-19-8-6-18(7-9-19)26-12-11-22(26)15-5-10-21-20(14-15)23(28-25-21)16-3-2-4-17(24)13-16/h2-14H,1H3/q+1. The molecule has 0 aliphatic carbocycles. The number of halogens is 1. The predicted octanol–water partition coefficient (Wildman–Crippen LogP) is 5.30. The third-order valence-corrected chi connectivity index (χ3v) is 4.85. The molecule has 28 heavy (non-hydrogen) atoms. The molecule has 1 aliphatic rings. The van der Waals surface area contributed by atoms with Crippen LogP contribution in [0.4, 0.5) is 10.1 Å². The highest BCUT2D eigenvalue weighted by atomic mass is 19.1. The van der Waals surface area contributed by atoms with Gasteiger partial charge in [0.15, 0.2) is 12.0 Å². The molecule has 0 fully saturated rings. The van der Waals surface area contributed by atoms with Crippen molar-refractivity contribution in [2.24, 2.45) is 0 Å². The zero-order chi connectivity index (χ0) is 19.1. The quantitative estimate of drug-likeness (QED) is 0.457. The molecule has 0 unspecified atom stereocenters. The molecule has 0 N–H and O–H groups in total. The van der Waals surface area contributed by atoms with E-state index in [1.54, 1.807) is 13.2 Å². The van der Waals surface area contributed by atoms with Crippen LogP contribution in [-0.2, 0) is 0 Å². The van der Waals surface area contributed by atoms with Gasteiger partial charge in [-0.15, -0.1) is 0 Å². The van der Waals surface area contributed by atoms with Crippen molar-refractivity contribution in [3.63, 3.8) is 0 Å². The van der Waals surface area contributed by atoms with Gasteiger partial charge in [0.1, 0.15) is 17.1 Å². The summed E-state index contributed by atoms with van der Waals surface area (Å²) >= 11 is 0. The van der Waals surface area contributed by atoms with Gasteiger partial charge in [0, 0.05) is 23.3 Å². The monoisotopic (exact) mass is 371 g/mol. The van der Waals surface area contributed by atoms with E-state index in [-0.39, 0.29) is 5.82 Å². The van der Waals surface area contributed by atoms with E-state index < -0.39 is 0 Å². The number of methoxy groups -OCH3 is 1. The number of aromatic nitrogens is 1. The molecule has 0 bridgehead atoms. The first-order valence-corrected chi connectivity index (χ1v) is 8.87. The van der Waals surface area contributed by atoms with E-state index in [0.717, 1.165) is 33.6 Å². The third-order valence-electron chi connectivity index (χ3n) is 4.85. The van der Waals surface area contributed by atoms with E-state index >= 15 is 0 Å². The Morgan fingerprint density at radius 1 is 0.964 bits per heavy atom. The predicted molar refractivity (Wildman–Crippen MR) is 106 cm³/mol. The number of rotatable bonds is 4. The fraction of sp³-hybridized carbons (Fsp3) is 0.0435. The Bertz CT molecular complexity index is 1250. The average molecular weight is 371 g/mol. The lowest BCUT2D eigenvalue weighted by atomic mass is 10.0. The third kappa shape index (κ3) is 2.68. The van der Waals surface area contributed by atoms with Gasteiger partial charge in [-0.2, -0.15) is 4.58 Å². The SMILES string of the molecule is COc1ccc([N+]2=C(c3ccc4noc(-c5cccc(F)c5)c4c3)C=C2)cc1. The molecule has 0 amide bonds. The summed E-state index contributed by atoms with van der Waals surface area (Å²) in [5.74, 6) is 1.08. The van der Waals surface area contributed by atoms with Crippen LogP contribution in [0.15, 0.2) is 83.5 Å². The normalized spacial score (nSPS) is 13.1. The van der Waals surface area contributed by atoms with Crippen LogP contribution < -0.4 is 4.74 Å². The maximum Gasteiger partial charge on any atom is 0.224 e. The molecule has 5 rings (SSSR count). The second kappa shape index (κ2) is 6.46. The van der Waals surface area contributed by atoms with Crippen LogP contribution >= 0.6 is 0 Å². The van der Waals surface area contributed by atoms with Crippen molar-refractivity contribution >= 4 is 22.3 Å². The van der Waals surface area contributed by atoms with Crippen LogP contribution in [0, 0.1) is 5.82 Å². The van der Waals surface area contributed by atoms with Crippen molar-refractivity contribution in [2.45, 2.75) is 0 Å². The summed E-state index contributed by atoms with van der Waals surface area (Å²) in [4.78, 5) is 0. The molecule has 0 saturated carbocycles. The molecule has 2 heterocycles. The van der Waals surface area contributed by atoms with E-state index in [2.05, 4.69) is 15.8 Å². The zero-order valence-corrected chi connectivity index (χ0v) is 15.1. The highest BCUT2D eigenvalue weighted by Crippen LogP contribution is 2.31. The number of benzene rings is 3. The molecule has 0 atom stereocenters. The number of nitrogens with zero attached hydrogens (tertiary/aromatic N) is 2. The van der Waals surface area contributed by atoms with Gasteiger partial charge in [-0.3, -0.25) is 0 Å². The molecular weight excluding hydrogens is 355 g/mol. The Kier molecular flexibility index (Phi) is 3.79. The Balaban J connectivity index is 1.59. The largest absolute Gasteiger partial charge is 0.497 e. The van der Waals surface area contributed by atoms with Gasteiger partial charge in [0.2, 0.25) is 11.4 Å². The van der Waals surface area contributed by atoms with Crippen molar-refractivity contribution in [2.75, 3.05) is 7.11 Å². The fourth-order valence-corrected chi connectivity index (χ4v) is 3.37. The number of ether oxygens (including phenoxy) is 1. The Morgan fingerprint density at radius 2 is 1.82 bits per heavy atom. The number of hydrogen-bond acceptors (Lipinski definition) is 3. The summed E-state index contributed by atoms with van der Waals surface area (Å²) in [6, 6.07) is 20.2. The molecule has 5 heteroatoms. The maximum absolute atomic E-state index is 13.6. The number of fused-ring (bicyclic) bond motifs is 1. The first kappa shape index (κ1) is 16.4. The fourth-order valence-electron chi connectivity index (χ4n) is 3.37. The van der Waals surface area contributed by atoms with E-state index in [1.165, 1.54) is 12.1 Å². The highest BCUT2D eigenvalue weighted by Gasteiger charge is 2.25. The lowest BCUT2D eigenvalue weighted by Crippen LogP contribution is -2.19. The molecule has 1 aliphatic heterocycles. The lowest BCUT2D eigenvalue weighted by molar-refractivity contribution is -0.370. The van der Waals surface area contributed by atoms with Crippen LogP contribution in [0.2, 0.25) is 0 Å². The van der Waals surface area contributed by atoms with Crippen molar-refractivity contribution in [3.8, 4) is 17.1 Å². The van der Waals surface area contributed by atoms with Crippen molar-refractivity contribution < 1.29 is 18.2 Å². The zero-order valence-electron chi connectivity index (χ0n) is 15.1. The van der Waals surface area contributed by atoms with E-state index in [4.69, 9.17) is 9.26 Å². The Morgan fingerprint density at radius 3 is 2.54 bits per heavy atom. The molecule has 0 spiro atoms. The smallest absolute Gasteiger partial charge is 0.224 e. The summed E-state index contributed by atoms with van der Waals surface area (Å²) in [7, 11) is 1.65. The topological polar surface area (TPSA) is 38.3 Å². The minimum absolute atomic E-state index is 0.305. The van der Waals surface area contributed by atoms with Crippen LogP contribution in [0.3, 0.4) is 0 Å². The number of allylic oxidation sites excluding steroid dienone is 1. The van der Waals surface area contributed by atoms with Gasteiger partial charge in [0.25, 0.3) is 0 Å². The minimum atomic E-state index is -0.305. The summed E-state index contributed by atoms with van der Waals surface area (Å²) in [5, 5.41) is 4.97. The van der Waals surface area contributed by atoms with E-state index in [9.17, 15) is 4.39 Å². The first-order chi connectivity index (χ1) is 13.7. The van der Waals surface area contributed by atoms with Crippen LogP contribution in [0.1, 0.15) is 5.56 Å². The van der Waals surface area contributed by atoms with E-state index in [0.29, 0.717) is 11.3 Å². The molecule has 4 nitrogen and oxygen atoms in total. The molecule has 3 aromatic carbocycles. The molecule has 4 aromatic rings. The molecule has 136 valence electrons. The van der Waals surface area contributed by atoms with Gasteiger partial charge in [0.05, 0.1) is 18.6 Å². The summed E-state index contributed by atoms with van der Waals surface area (Å²) in [5.41, 5.74) is 4.56. The van der Waals surface area contributed by atoms with Gasteiger partial charge in [-0.25, -0.2) is 4.39 Å². The Hall–Kier alpha value is -3.73. The second-order valence-electron chi connectivity index (χ2n) is 6.52. The van der Waals surface area contributed by atoms with Crippen molar-refractivity contribution in [1.29, 1.82) is 0 Å². The number of hydrogen-bond donors (Lipinski definition) is 0. The van der Waals surface area contributed by atoms with Crippen LogP contribution in [-0.4, -0.2) is 22.6 Å². The van der Waals surface area contributed by atoms with Gasteiger partial charge >= 0.3 is 0 Å². The summed E-state index contributed by atoms with van der Waals surface area (Å²) in [6.07, 6.45) is 4.07. The van der Waals surface area contributed by atoms with Crippen molar-refractivity contribution in [1.82, 2.24) is 5.16 Å². The second-order valence-corrected chi connectivity index (χ2v) is 6.52. The van der Waals surface area contributed by atoms with E-state index in [1.807, 2.05) is 54.7 Å². The van der Waals surface area contributed by atoms with Crippen LogP contribution in [0.5, 0.6) is 5.75 Å². The van der Waals surface area contributed by atoms with Gasteiger partial charge in [-0.05, 0) is 42.5 Å². The average Bonchev–Trinajstić information content (AvgIpc) is 3.11. The lowest BCUT2D eigenvalue weighted by Gasteiger charge is -2.10. The van der Waals surface area contributed by atoms with Crippen LogP contribution in [0.25, 0.3) is 22.2 Å². The summed E-state index contributed by atoms with van der Waals surface area (Å²) < 4.78 is 26.5. The first-order valence-electron chi connectivity index (χ1n) is 8.87. The molecule has 0 saturated heterocycles. The molecule has 0 radical (unpaired) electrons. The Labute approximate surface area is 160 Å². The molecule has 1 aromatic heterocycles. The highest BCUT2D eigenvalue weighted by molar-refractivity contribution is 6.10. The maximum atomic E-state index is 13.6. The summed E-state index contributed by atoms with van der Waals surface area (Å²) in [6.45, 7) is 0. The van der Waals surface area contributed by atoms with Gasteiger partial charge < -0.3 is 9.26 Å². The van der Waals surface area contributed by atoms with Crippen molar-refractivity contribution in [3.05, 3.63) is 90.4 Å².